The molecule has 27 heavy (non-hydrogen) atoms. The van der Waals surface area contributed by atoms with Crippen molar-refractivity contribution < 1.29 is 9.18 Å². The van der Waals surface area contributed by atoms with Crippen molar-refractivity contribution >= 4 is 16.8 Å². The number of rotatable bonds is 2. The largest absolute Gasteiger partial charge is 0.337 e. The van der Waals surface area contributed by atoms with Gasteiger partial charge in [0.25, 0.3) is 11.5 Å². The van der Waals surface area contributed by atoms with Gasteiger partial charge in [0.05, 0.1) is 10.9 Å². The number of nitrogens with one attached hydrogen (secondary N) is 1. The Balaban J connectivity index is 1.59. The fourth-order valence-electron chi connectivity index (χ4n) is 3.51. The van der Waals surface area contributed by atoms with Crippen LogP contribution in [0.2, 0.25) is 0 Å². The van der Waals surface area contributed by atoms with E-state index in [1.807, 2.05) is 0 Å². The fraction of sp³-hybridized carbons (Fsp3) is 0.263. The topological polar surface area (TPSA) is 88.1 Å². The maximum absolute atomic E-state index is 13.5. The van der Waals surface area contributed by atoms with E-state index in [2.05, 4.69) is 9.97 Å². The first kappa shape index (κ1) is 17.1. The highest BCUT2D eigenvalue weighted by Crippen LogP contribution is 2.21. The second-order valence-corrected chi connectivity index (χ2v) is 6.53. The van der Waals surface area contributed by atoms with Crippen LogP contribution in [0.4, 0.5) is 4.39 Å². The molecule has 4 rings (SSSR count). The van der Waals surface area contributed by atoms with Crippen LogP contribution in [-0.4, -0.2) is 38.4 Å². The molecule has 1 aromatic carbocycles. The Hall–Kier alpha value is -3.29. The fourth-order valence-corrected chi connectivity index (χ4v) is 3.51. The minimum atomic E-state index is -0.533. The predicted molar refractivity (Wildman–Crippen MR) is 97.2 cm³/mol. The minimum Gasteiger partial charge on any atom is -0.337 e. The van der Waals surface area contributed by atoms with Crippen molar-refractivity contribution in [3.63, 3.8) is 0 Å². The Morgan fingerprint density at radius 3 is 2.63 bits per heavy atom. The highest BCUT2D eigenvalue weighted by Gasteiger charge is 2.27. The van der Waals surface area contributed by atoms with Crippen LogP contribution in [-0.2, 0) is 0 Å². The SMILES string of the molecule is O=C(c1ccccn1)N1CCC(n2c(=O)[nH]c3ccc(F)cc3c2=O)CC1. The molecular weight excluding hydrogens is 351 g/mol. The standard InChI is InChI=1S/C19H17FN4O3/c20-12-4-5-15-14(11-12)17(25)24(19(27)22-15)13-6-9-23(10-7-13)18(26)16-3-1-2-8-21-16/h1-5,8,11,13H,6-7,9-10H2,(H,22,27). The van der Waals surface area contributed by atoms with Crippen molar-refractivity contribution in [2.75, 3.05) is 13.1 Å². The van der Waals surface area contributed by atoms with Gasteiger partial charge in [0, 0.05) is 25.3 Å². The van der Waals surface area contributed by atoms with E-state index in [0.717, 1.165) is 10.6 Å². The third-order valence-corrected chi connectivity index (χ3v) is 4.89. The number of benzene rings is 1. The van der Waals surface area contributed by atoms with Crippen LogP contribution in [0.25, 0.3) is 10.9 Å². The lowest BCUT2D eigenvalue weighted by atomic mass is 10.0. The Labute approximate surface area is 153 Å². The summed E-state index contributed by atoms with van der Waals surface area (Å²) in [6, 6.07) is 8.51. The van der Waals surface area contributed by atoms with Gasteiger partial charge >= 0.3 is 5.69 Å². The second kappa shape index (κ2) is 6.79. The van der Waals surface area contributed by atoms with Crippen molar-refractivity contribution in [2.24, 2.45) is 0 Å². The van der Waals surface area contributed by atoms with E-state index in [4.69, 9.17) is 0 Å². The molecule has 1 N–H and O–H groups in total. The molecule has 0 atom stereocenters. The maximum atomic E-state index is 13.5. The molecule has 1 aliphatic heterocycles. The smallest absolute Gasteiger partial charge is 0.329 e. The lowest BCUT2D eigenvalue weighted by Crippen LogP contribution is -2.45. The van der Waals surface area contributed by atoms with Crippen molar-refractivity contribution in [1.29, 1.82) is 0 Å². The molecule has 3 aromatic rings. The summed E-state index contributed by atoms with van der Waals surface area (Å²) in [6.45, 7) is 0.820. The number of carbonyl (C=O) groups excluding carboxylic acids is 1. The van der Waals surface area contributed by atoms with E-state index >= 15 is 0 Å². The number of hydrogen-bond acceptors (Lipinski definition) is 4. The Kier molecular flexibility index (Phi) is 4.31. The molecule has 8 heteroatoms. The molecule has 1 saturated heterocycles. The monoisotopic (exact) mass is 368 g/mol. The van der Waals surface area contributed by atoms with Crippen molar-refractivity contribution in [2.45, 2.75) is 18.9 Å². The molecule has 1 amide bonds. The molecule has 3 heterocycles. The van der Waals surface area contributed by atoms with Gasteiger partial charge in [-0.1, -0.05) is 6.07 Å². The summed E-state index contributed by atoms with van der Waals surface area (Å²) in [5, 5.41) is 0.140. The number of amides is 1. The number of carbonyl (C=O) groups is 1. The first-order valence-electron chi connectivity index (χ1n) is 8.69. The van der Waals surface area contributed by atoms with Gasteiger partial charge in [-0.2, -0.15) is 0 Å². The van der Waals surface area contributed by atoms with Crippen LogP contribution in [0.15, 0.2) is 52.2 Å². The number of hydrogen-bond donors (Lipinski definition) is 1. The summed E-state index contributed by atoms with van der Waals surface area (Å²) in [4.78, 5) is 46.0. The zero-order chi connectivity index (χ0) is 19.0. The van der Waals surface area contributed by atoms with Gasteiger partial charge in [-0.25, -0.2) is 9.18 Å². The summed E-state index contributed by atoms with van der Waals surface area (Å²) in [6.07, 6.45) is 2.48. The van der Waals surface area contributed by atoms with E-state index in [0.29, 0.717) is 37.1 Å². The van der Waals surface area contributed by atoms with Crippen LogP contribution >= 0.6 is 0 Å². The first-order chi connectivity index (χ1) is 13.0. The lowest BCUT2D eigenvalue weighted by molar-refractivity contribution is 0.0686. The number of halogens is 1. The zero-order valence-electron chi connectivity index (χ0n) is 14.4. The molecular formula is C19H17FN4O3. The van der Waals surface area contributed by atoms with Gasteiger partial charge < -0.3 is 9.88 Å². The van der Waals surface area contributed by atoms with Crippen LogP contribution in [0.5, 0.6) is 0 Å². The molecule has 2 aromatic heterocycles. The molecule has 7 nitrogen and oxygen atoms in total. The zero-order valence-corrected chi connectivity index (χ0v) is 14.4. The Bertz CT molecular complexity index is 1120. The number of likely N-dealkylation sites (tertiary alicyclic amines) is 1. The normalized spacial score (nSPS) is 15.2. The third kappa shape index (κ3) is 3.14. The van der Waals surface area contributed by atoms with Crippen molar-refractivity contribution in [3.8, 4) is 0 Å². The van der Waals surface area contributed by atoms with Crippen molar-refractivity contribution in [1.82, 2.24) is 19.4 Å². The van der Waals surface area contributed by atoms with Crippen molar-refractivity contribution in [3.05, 3.63) is 74.9 Å². The number of piperidine rings is 1. The molecule has 0 aliphatic carbocycles. The minimum absolute atomic E-state index is 0.140. The number of aromatic amines is 1. The average Bonchev–Trinajstić information content (AvgIpc) is 2.69. The molecule has 0 saturated carbocycles. The highest BCUT2D eigenvalue weighted by atomic mass is 19.1. The van der Waals surface area contributed by atoms with Gasteiger partial charge in [-0.3, -0.25) is 19.1 Å². The van der Waals surface area contributed by atoms with Gasteiger partial charge in [0.1, 0.15) is 11.5 Å². The molecule has 0 bridgehead atoms. The van der Waals surface area contributed by atoms with Gasteiger partial charge in [-0.05, 0) is 43.2 Å². The number of nitrogens with zero attached hydrogens (tertiary/aromatic N) is 3. The molecule has 0 unspecified atom stereocenters. The number of aromatic nitrogens is 3. The van der Waals surface area contributed by atoms with E-state index in [1.165, 1.54) is 12.1 Å². The van der Waals surface area contributed by atoms with Gasteiger partial charge in [0.15, 0.2) is 0 Å². The molecule has 0 spiro atoms. The first-order valence-corrected chi connectivity index (χ1v) is 8.69. The van der Waals surface area contributed by atoms with Crippen LogP contribution in [0.3, 0.4) is 0 Å². The van der Waals surface area contributed by atoms with Crippen LogP contribution < -0.4 is 11.2 Å². The lowest BCUT2D eigenvalue weighted by Gasteiger charge is -2.32. The van der Waals surface area contributed by atoms with Crippen LogP contribution in [0, 0.1) is 5.82 Å². The van der Waals surface area contributed by atoms with E-state index in [-0.39, 0.29) is 17.3 Å². The quantitative estimate of drug-likeness (QED) is 0.746. The molecule has 1 fully saturated rings. The average molecular weight is 368 g/mol. The molecule has 0 radical (unpaired) electrons. The summed E-state index contributed by atoms with van der Waals surface area (Å²) in [7, 11) is 0. The summed E-state index contributed by atoms with van der Waals surface area (Å²) < 4.78 is 14.6. The number of H-pyrrole nitrogens is 1. The predicted octanol–water partition coefficient (Wildman–Crippen LogP) is 1.70. The van der Waals surface area contributed by atoms with E-state index in [9.17, 15) is 18.8 Å². The number of pyridine rings is 1. The van der Waals surface area contributed by atoms with E-state index < -0.39 is 17.1 Å². The summed E-state index contributed by atoms with van der Waals surface area (Å²) in [5.74, 6) is -0.704. The Morgan fingerprint density at radius 2 is 1.93 bits per heavy atom. The molecule has 1 aliphatic rings. The summed E-state index contributed by atoms with van der Waals surface area (Å²) >= 11 is 0. The Morgan fingerprint density at radius 1 is 1.15 bits per heavy atom. The van der Waals surface area contributed by atoms with Crippen LogP contribution in [0.1, 0.15) is 29.4 Å². The van der Waals surface area contributed by atoms with E-state index in [1.54, 1.807) is 29.3 Å². The third-order valence-electron chi connectivity index (χ3n) is 4.89. The number of fused-ring (bicyclic) bond motifs is 1. The second-order valence-electron chi connectivity index (χ2n) is 6.53. The molecule has 138 valence electrons. The van der Waals surface area contributed by atoms with Gasteiger partial charge in [-0.15, -0.1) is 0 Å². The highest BCUT2D eigenvalue weighted by molar-refractivity contribution is 5.92. The maximum Gasteiger partial charge on any atom is 0.329 e. The van der Waals surface area contributed by atoms with Gasteiger partial charge in [0.2, 0.25) is 0 Å². The summed E-state index contributed by atoms with van der Waals surface area (Å²) in [5.41, 5.74) is -0.353.